The molecule has 31 heavy (non-hydrogen) atoms. The molecule has 0 radical (unpaired) electrons. The van der Waals surface area contributed by atoms with Gasteiger partial charge in [0.15, 0.2) is 5.82 Å². The summed E-state index contributed by atoms with van der Waals surface area (Å²) in [6.45, 7) is 8.16. The molecule has 166 valence electrons. The van der Waals surface area contributed by atoms with Crippen LogP contribution in [0.4, 0.5) is 0 Å². The van der Waals surface area contributed by atoms with Crippen molar-refractivity contribution < 1.29 is 17.9 Å². The van der Waals surface area contributed by atoms with Gasteiger partial charge in [0.25, 0.3) is 15.9 Å². The Bertz CT molecular complexity index is 1230. The van der Waals surface area contributed by atoms with E-state index >= 15 is 0 Å². The van der Waals surface area contributed by atoms with Gasteiger partial charge in [-0.2, -0.15) is 5.10 Å². The van der Waals surface area contributed by atoms with Crippen LogP contribution in [-0.2, 0) is 17.1 Å². The van der Waals surface area contributed by atoms with E-state index < -0.39 is 15.9 Å². The predicted molar refractivity (Wildman–Crippen MR) is 114 cm³/mol. The van der Waals surface area contributed by atoms with Crippen molar-refractivity contribution in [3.8, 4) is 11.7 Å². The summed E-state index contributed by atoms with van der Waals surface area (Å²) in [7, 11) is -2.53. The number of amides is 1. The second kappa shape index (κ2) is 8.31. The van der Waals surface area contributed by atoms with Crippen molar-refractivity contribution in [1.82, 2.24) is 29.3 Å². The van der Waals surface area contributed by atoms with Crippen molar-refractivity contribution in [3.63, 3.8) is 0 Å². The minimum Gasteiger partial charge on any atom is -0.476 e. The minimum atomic E-state index is -4.12. The quantitative estimate of drug-likeness (QED) is 0.554. The lowest BCUT2D eigenvalue weighted by atomic mass is 9.99. The lowest BCUT2D eigenvalue weighted by Gasteiger charge is -2.17. The van der Waals surface area contributed by atoms with Crippen molar-refractivity contribution in [3.05, 3.63) is 47.0 Å². The number of sulfonamides is 1. The van der Waals surface area contributed by atoms with E-state index in [2.05, 4.69) is 15.2 Å². The number of carbonyl (C=O) groups excluding carboxylic acids is 1. The standard InChI is InChI=1S/C19H23ClN6O4S/c1-12-14(10-25(5)22-12)31(28,29)24-18(27)13-6-7-15(21-17(13)20)26-9-8-16(23-26)30-11-19(2,3)4/h6-10H,11H2,1-5H3,(H,24,27). The molecule has 0 aromatic carbocycles. The lowest BCUT2D eigenvalue weighted by Crippen LogP contribution is -2.31. The third-order valence-corrected chi connectivity index (χ3v) is 5.74. The number of halogens is 1. The number of aryl methyl sites for hydroxylation is 2. The first-order valence-electron chi connectivity index (χ1n) is 9.28. The van der Waals surface area contributed by atoms with Crippen molar-refractivity contribution >= 4 is 27.5 Å². The molecule has 3 heterocycles. The first-order valence-corrected chi connectivity index (χ1v) is 11.1. The molecular formula is C19H23ClN6O4S. The Morgan fingerprint density at radius 1 is 1.23 bits per heavy atom. The topological polar surface area (TPSA) is 121 Å². The van der Waals surface area contributed by atoms with Gasteiger partial charge in [-0.25, -0.2) is 22.8 Å². The molecule has 0 unspecified atom stereocenters. The van der Waals surface area contributed by atoms with Crippen LogP contribution in [0, 0.1) is 12.3 Å². The number of ether oxygens (including phenoxy) is 1. The van der Waals surface area contributed by atoms with Crippen LogP contribution in [0.2, 0.25) is 5.15 Å². The van der Waals surface area contributed by atoms with Crippen molar-refractivity contribution in [2.75, 3.05) is 6.61 Å². The average Bonchev–Trinajstić information content (AvgIpc) is 3.25. The highest BCUT2D eigenvalue weighted by Crippen LogP contribution is 2.20. The van der Waals surface area contributed by atoms with Gasteiger partial charge in [-0.05, 0) is 24.5 Å². The first-order chi connectivity index (χ1) is 14.4. The highest BCUT2D eigenvalue weighted by molar-refractivity contribution is 7.90. The maximum atomic E-state index is 12.5. The van der Waals surface area contributed by atoms with Crippen LogP contribution in [0.25, 0.3) is 5.82 Å². The molecule has 0 spiro atoms. The molecule has 1 N–H and O–H groups in total. The third kappa shape index (κ3) is 5.42. The van der Waals surface area contributed by atoms with Crippen molar-refractivity contribution in [2.24, 2.45) is 12.5 Å². The molecule has 0 atom stereocenters. The number of hydrogen-bond acceptors (Lipinski definition) is 7. The molecule has 0 fully saturated rings. The maximum Gasteiger partial charge on any atom is 0.268 e. The fourth-order valence-electron chi connectivity index (χ4n) is 2.60. The summed E-state index contributed by atoms with van der Waals surface area (Å²) in [6.07, 6.45) is 2.96. The smallest absolute Gasteiger partial charge is 0.268 e. The molecule has 0 saturated carbocycles. The van der Waals surface area contributed by atoms with Crippen LogP contribution in [-0.4, -0.2) is 45.5 Å². The number of hydrogen-bond donors (Lipinski definition) is 1. The molecule has 1 amide bonds. The minimum absolute atomic E-state index is 0.0188. The lowest BCUT2D eigenvalue weighted by molar-refractivity contribution is 0.0981. The summed E-state index contributed by atoms with van der Waals surface area (Å²) in [4.78, 5) is 16.6. The Labute approximate surface area is 185 Å². The van der Waals surface area contributed by atoms with Crippen LogP contribution in [0.15, 0.2) is 35.5 Å². The Morgan fingerprint density at radius 2 is 1.94 bits per heavy atom. The largest absolute Gasteiger partial charge is 0.476 e. The van der Waals surface area contributed by atoms with Gasteiger partial charge in [0, 0.05) is 25.5 Å². The van der Waals surface area contributed by atoms with Gasteiger partial charge >= 0.3 is 0 Å². The van der Waals surface area contributed by atoms with E-state index in [-0.39, 0.29) is 26.7 Å². The van der Waals surface area contributed by atoms with E-state index in [1.54, 1.807) is 19.3 Å². The summed E-state index contributed by atoms with van der Waals surface area (Å²) in [5.74, 6) is -0.132. The van der Waals surface area contributed by atoms with E-state index in [1.165, 1.54) is 34.6 Å². The molecule has 3 aromatic rings. The molecule has 0 saturated heterocycles. The highest BCUT2D eigenvalue weighted by atomic mass is 35.5. The molecular weight excluding hydrogens is 444 g/mol. The molecule has 0 aliphatic rings. The molecule has 3 aromatic heterocycles. The predicted octanol–water partition coefficient (Wildman–Crippen LogP) is 2.51. The summed E-state index contributed by atoms with van der Waals surface area (Å²) in [5, 5.41) is 8.09. The van der Waals surface area contributed by atoms with Gasteiger partial charge in [-0.15, -0.1) is 5.10 Å². The molecule has 0 aliphatic heterocycles. The van der Waals surface area contributed by atoms with E-state index in [4.69, 9.17) is 16.3 Å². The van der Waals surface area contributed by atoms with Crippen LogP contribution in [0.3, 0.4) is 0 Å². The Morgan fingerprint density at radius 3 is 2.52 bits per heavy atom. The van der Waals surface area contributed by atoms with Gasteiger partial charge in [0.2, 0.25) is 5.88 Å². The summed E-state index contributed by atoms with van der Waals surface area (Å²) in [5.41, 5.74) is 0.159. The van der Waals surface area contributed by atoms with Gasteiger partial charge in [0.1, 0.15) is 10.0 Å². The molecule has 10 nitrogen and oxygen atoms in total. The third-order valence-electron chi connectivity index (χ3n) is 4.02. The monoisotopic (exact) mass is 466 g/mol. The zero-order valence-corrected chi connectivity index (χ0v) is 19.3. The number of nitrogens with one attached hydrogen (secondary N) is 1. The van der Waals surface area contributed by atoms with E-state index in [0.717, 1.165) is 0 Å². The number of nitrogens with zero attached hydrogens (tertiary/aromatic N) is 5. The average molecular weight is 467 g/mol. The van der Waals surface area contributed by atoms with Gasteiger partial charge in [-0.1, -0.05) is 32.4 Å². The Balaban J connectivity index is 1.77. The Kier molecular flexibility index (Phi) is 6.10. The molecule has 0 aliphatic carbocycles. The van der Waals surface area contributed by atoms with Crippen LogP contribution in [0.1, 0.15) is 36.8 Å². The van der Waals surface area contributed by atoms with Gasteiger partial charge in [-0.3, -0.25) is 9.48 Å². The number of rotatable bonds is 6. The SMILES string of the molecule is Cc1nn(C)cc1S(=O)(=O)NC(=O)c1ccc(-n2ccc(OCC(C)(C)C)n2)nc1Cl. The molecule has 3 rings (SSSR count). The van der Waals surface area contributed by atoms with Crippen molar-refractivity contribution in [1.29, 1.82) is 0 Å². The Hall–Kier alpha value is -2.92. The van der Waals surface area contributed by atoms with Crippen LogP contribution < -0.4 is 9.46 Å². The van der Waals surface area contributed by atoms with Crippen LogP contribution in [0.5, 0.6) is 5.88 Å². The highest BCUT2D eigenvalue weighted by Gasteiger charge is 2.24. The van der Waals surface area contributed by atoms with E-state index in [9.17, 15) is 13.2 Å². The van der Waals surface area contributed by atoms with E-state index in [0.29, 0.717) is 18.3 Å². The number of carbonyl (C=O) groups is 1. The summed E-state index contributed by atoms with van der Waals surface area (Å²) < 4.78 is 35.4. The second-order valence-electron chi connectivity index (χ2n) is 8.14. The summed E-state index contributed by atoms with van der Waals surface area (Å²) in [6, 6.07) is 4.57. The summed E-state index contributed by atoms with van der Waals surface area (Å²) >= 11 is 6.16. The maximum absolute atomic E-state index is 12.5. The fraction of sp³-hybridized carbons (Fsp3) is 0.368. The zero-order chi connectivity index (χ0) is 23.0. The van der Waals surface area contributed by atoms with E-state index in [1.807, 2.05) is 25.5 Å². The number of aromatic nitrogens is 5. The molecule has 12 heteroatoms. The van der Waals surface area contributed by atoms with Gasteiger partial charge < -0.3 is 4.74 Å². The molecule has 0 bridgehead atoms. The number of pyridine rings is 1. The normalized spacial score (nSPS) is 12.1. The fourth-order valence-corrected chi connectivity index (χ4v) is 4.02. The zero-order valence-electron chi connectivity index (χ0n) is 17.7. The van der Waals surface area contributed by atoms with Crippen LogP contribution >= 0.6 is 11.6 Å². The van der Waals surface area contributed by atoms with Crippen molar-refractivity contribution in [2.45, 2.75) is 32.6 Å². The second-order valence-corrected chi connectivity index (χ2v) is 10.2. The first kappa shape index (κ1) is 22.8. The van der Waals surface area contributed by atoms with Gasteiger partial charge in [0.05, 0.1) is 17.9 Å².